The van der Waals surface area contributed by atoms with E-state index in [-0.39, 0.29) is 5.56 Å². The summed E-state index contributed by atoms with van der Waals surface area (Å²) in [4.78, 5) is 27.7. The third kappa shape index (κ3) is 2.56. The Morgan fingerprint density at radius 1 is 1.20 bits per heavy atom. The molecule has 20 heavy (non-hydrogen) atoms. The zero-order valence-corrected chi connectivity index (χ0v) is 11.5. The van der Waals surface area contributed by atoms with E-state index in [1.54, 1.807) is 16.8 Å². The van der Waals surface area contributed by atoms with Crippen LogP contribution in [0.15, 0.2) is 23.1 Å². The van der Waals surface area contributed by atoms with Gasteiger partial charge in [0, 0.05) is 63.1 Å². The van der Waals surface area contributed by atoms with E-state index < -0.39 is 0 Å². The molecule has 2 saturated heterocycles. The van der Waals surface area contributed by atoms with Crippen molar-refractivity contribution in [2.75, 3.05) is 31.9 Å². The molecule has 0 saturated carbocycles. The maximum atomic E-state index is 11.7. The molecule has 1 aromatic heterocycles. The topological polar surface area (TPSA) is 71.6 Å². The number of nitrogen functional groups attached to an aromatic ring is 1. The largest absolute Gasteiger partial charge is 0.398 e. The molecule has 3 rings (SSSR count). The van der Waals surface area contributed by atoms with Crippen molar-refractivity contribution in [3.05, 3.63) is 28.7 Å². The predicted molar refractivity (Wildman–Crippen MR) is 76.3 cm³/mol. The zero-order chi connectivity index (χ0) is 14.1. The Balaban J connectivity index is 1.58. The Morgan fingerprint density at radius 2 is 2.05 bits per heavy atom. The number of pyridine rings is 1. The summed E-state index contributed by atoms with van der Waals surface area (Å²) < 4.78 is 1.65. The van der Waals surface area contributed by atoms with Crippen molar-refractivity contribution < 1.29 is 4.79 Å². The van der Waals surface area contributed by atoms with Crippen LogP contribution in [0.4, 0.5) is 5.69 Å². The Kier molecular flexibility index (Phi) is 3.48. The first-order chi connectivity index (χ1) is 9.63. The normalized spacial score (nSPS) is 23.1. The summed E-state index contributed by atoms with van der Waals surface area (Å²) in [6.07, 6.45) is 3.35. The van der Waals surface area contributed by atoms with Gasteiger partial charge in [-0.25, -0.2) is 0 Å². The van der Waals surface area contributed by atoms with Crippen molar-refractivity contribution in [3.8, 4) is 0 Å². The lowest BCUT2D eigenvalue weighted by molar-refractivity contribution is -0.130. The highest BCUT2D eigenvalue weighted by Gasteiger charge is 2.35. The van der Waals surface area contributed by atoms with Gasteiger partial charge in [-0.15, -0.1) is 0 Å². The fourth-order valence-electron chi connectivity index (χ4n) is 3.11. The Labute approximate surface area is 117 Å². The average Bonchev–Trinajstić information content (AvgIpc) is 2.81. The molecule has 2 aliphatic heterocycles. The van der Waals surface area contributed by atoms with Crippen LogP contribution in [-0.4, -0.2) is 52.5 Å². The molecule has 2 N–H and O–H groups in total. The maximum absolute atomic E-state index is 11.7. The molecule has 1 atom stereocenters. The minimum Gasteiger partial charge on any atom is -0.398 e. The van der Waals surface area contributed by atoms with Crippen molar-refractivity contribution in [2.45, 2.75) is 25.4 Å². The van der Waals surface area contributed by atoms with Gasteiger partial charge in [-0.05, 0) is 12.5 Å². The number of anilines is 1. The second kappa shape index (κ2) is 5.28. The summed E-state index contributed by atoms with van der Waals surface area (Å²) in [5.74, 6) is 0.293. The number of nitrogens with zero attached hydrogens (tertiary/aromatic N) is 3. The fourth-order valence-corrected chi connectivity index (χ4v) is 3.11. The molecule has 1 aromatic rings. The lowest BCUT2D eigenvalue weighted by Crippen LogP contribution is -2.52. The van der Waals surface area contributed by atoms with Crippen molar-refractivity contribution in [1.29, 1.82) is 0 Å². The Morgan fingerprint density at radius 3 is 2.90 bits per heavy atom. The van der Waals surface area contributed by atoms with Gasteiger partial charge in [0.2, 0.25) is 5.91 Å². The third-order valence-corrected chi connectivity index (χ3v) is 4.24. The van der Waals surface area contributed by atoms with Crippen LogP contribution in [0.3, 0.4) is 0 Å². The fraction of sp³-hybridized carbons (Fsp3) is 0.571. The number of nitrogens with two attached hydrogens (primary N) is 1. The number of aromatic nitrogens is 1. The first kappa shape index (κ1) is 13.2. The number of piperazine rings is 1. The number of carbonyl (C=O) groups excluding carboxylic acids is 1. The summed E-state index contributed by atoms with van der Waals surface area (Å²) in [7, 11) is 0. The Bertz CT molecular complexity index is 569. The second-order valence-corrected chi connectivity index (χ2v) is 5.57. The Hall–Kier alpha value is -1.82. The van der Waals surface area contributed by atoms with Gasteiger partial charge in [0.15, 0.2) is 0 Å². The molecule has 0 spiro atoms. The van der Waals surface area contributed by atoms with Gasteiger partial charge in [-0.1, -0.05) is 0 Å². The zero-order valence-electron chi connectivity index (χ0n) is 11.5. The van der Waals surface area contributed by atoms with Gasteiger partial charge in [0.25, 0.3) is 5.56 Å². The lowest BCUT2D eigenvalue weighted by Gasteiger charge is -2.37. The molecular formula is C14H20N4O2. The van der Waals surface area contributed by atoms with Gasteiger partial charge >= 0.3 is 0 Å². The molecule has 3 heterocycles. The van der Waals surface area contributed by atoms with E-state index in [1.807, 2.05) is 4.90 Å². The summed E-state index contributed by atoms with van der Waals surface area (Å²) in [6, 6.07) is 3.50. The standard InChI is InChI=1S/C14H20N4O2/c15-11-1-3-13(19)17(9-11)7-5-16-6-8-18-12(10-16)2-4-14(18)20/h1,3,9,12H,2,4-8,10,15H2. The molecule has 0 radical (unpaired) electrons. The first-order valence-corrected chi connectivity index (χ1v) is 7.11. The number of rotatable bonds is 3. The van der Waals surface area contributed by atoms with Crippen LogP contribution in [0.1, 0.15) is 12.8 Å². The number of fused-ring (bicyclic) bond motifs is 1. The van der Waals surface area contributed by atoms with Crippen LogP contribution in [0, 0.1) is 0 Å². The minimum absolute atomic E-state index is 0.0196. The molecule has 0 aromatic carbocycles. The van der Waals surface area contributed by atoms with Gasteiger partial charge in [0.05, 0.1) is 0 Å². The number of carbonyl (C=O) groups is 1. The van der Waals surface area contributed by atoms with Gasteiger partial charge in [-0.2, -0.15) is 0 Å². The van der Waals surface area contributed by atoms with E-state index in [9.17, 15) is 9.59 Å². The lowest BCUT2D eigenvalue weighted by atomic mass is 10.1. The SMILES string of the molecule is Nc1ccc(=O)n(CCN2CCN3C(=O)CCC3C2)c1. The van der Waals surface area contributed by atoms with E-state index in [4.69, 9.17) is 5.73 Å². The quantitative estimate of drug-likeness (QED) is 0.825. The molecule has 6 heteroatoms. The minimum atomic E-state index is -0.0196. The van der Waals surface area contributed by atoms with Crippen LogP contribution in [0.25, 0.3) is 0 Å². The van der Waals surface area contributed by atoms with Gasteiger partial charge in [0.1, 0.15) is 0 Å². The highest BCUT2D eigenvalue weighted by molar-refractivity contribution is 5.78. The first-order valence-electron chi connectivity index (χ1n) is 7.11. The molecule has 0 bridgehead atoms. The highest BCUT2D eigenvalue weighted by atomic mass is 16.2. The van der Waals surface area contributed by atoms with E-state index in [0.29, 0.717) is 30.6 Å². The van der Waals surface area contributed by atoms with E-state index in [0.717, 1.165) is 32.6 Å². The highest BCUT2D eigenvalue weighted by Crippen LogP contribution is 2.22. The number of amides is 1. The van der Waals surface area contributed by atoms with E-state index in [1.165, 1.54) is 6.07 Å². The summed E-state index contributed by atoms with van der Waals surface area (Å²) in [5, 5.41) is 0. The van der Waals surface area contributed by atoms with E-state index in [2.05, 4.69) is 4.90 Å². The summed E-state index contributed by atoms with van der Waals surface area (Å²) >= 11 is 0. The predicted octanol–water partition coefficient (Wildman–Crippen LogP) is -0.263. The molecule has 108 valence electrons. The molecular weight excluding hydrogens is 256 g/mol. The van der Waals surface area contributed by atoms with Crippen molar-refractivity contribution in [3.63, 3.8) is 0 Å². The monoisotopic (exact) mass is 276 g/mol. The number of hydrogen-bond acceptors (Lipinski definition) is 4. The smallest absolute Gasteiger partial charge is 0.250 e. The van der Waals surface area contributed by atoms with Crippen LogP contribution in [-0.2, 0) is 11.3 Å². The molecule has 6 nitrogen and oxygen atoms in total. The van der Waals surface area contributed by atoms with Crippen molar-refractivity contribution >= 4 is 11.6 Å². The van der Waals surface area contributed by atoms with Crippen LogP contribution >= 0.6 is 0 Å². The molecule has 2 aliphatic rings. The average molecular weight is 276 g/mol. The van der Waals surface area contributed by atoms with Crippen LogP contribution < -0.4 is 11.3 Å². The molecule has 1 unspecified atom stereocenters. The van der Waals surface area contributed by atoms with Crippen molar-refractivity contribution in [1.82, 2.24) is 14.4 Å². The van der Waals surface area contributed by atoms with Gasteiger partial charge < -0.3 is 15.2 Å². The van der Waals surface area contributed by atoms with Crippen LogP contribution in [0.2, 0.25) is 0 Å². The molecule has 1 amide bonds. The van der Waals surface area contributed by atoms with Crippen molar-refractivity contribution in [2.24, 2.45) is 0 Å². The second-order valence-electron chi connectivity index (χ2n) is 5.57. The summed E-state index contributed by atoms with van der Waals surface area (Å²) in [5.41, 5.74) is 6.29. The van der Waals surface area contributed by atoms with Gasteiger partial charge in [-0.3, -0.25) is 14.5 Å². The third-order valence-electron chi connectivity index (χ3n) is 4.24. The molecule has 0 aliphatic carbocycles. The van der Waals surface area contributed by atoms with E-state index >= 15 is 0 Å². The van der Waals surface area contributed by atoms with Crippen LogP contribution in [0.5, 0.6) is 0 Å². The maximum Gasteiger partial charge on any atom is 0.250 e. The summed E-state index contributed by atoms with van der Waals surface area (Å²) in [6.45, 7) is 4.09. The number of hydrogen-bond donors (Lipinski definition) is 1. The molecule has 2 fully saturated rings.